The summed E-state index contributed by atoms with van der Waals surface area (Å²) in [4.78, 5) is 40.5. The van der Waals surface area contributed by atoms with Crippen molar-refractivity contribution >= 4 is 61.1 Å². The number of anilines is 2. The zero-order chi connectivity index (χ0) is 48.2. The minimum Gasteiger partial charge on any atom is -0.372 e. The van der Waals surface area contributed by atoms with Crippen LogP contribution in [-0.2, 0) is 51.2 Å². The maximum atomic E-state index is 15.6. The number of aromatic nitrogens is 7. The number of hydrogen-bond acceptors (Lipinski definition) is 10. The van der Waals surface area contributed by atoms with Crippen LogP contribution >= 0.6 is 11.6 Å². The van der Waals surface area contributed by atoms with E-state index < -0.39 is 118 Å². The zero-order valence-corrected chi connectivity index (χ0v) is 36.6. The average Bonchev–Trinajstić information content (AvgIpc) is 3.73. The number of sulfonamides is 1. The Balaban J connectivity index is 1.27. The van der Waals surface area contributed by atoms with Gasteiger partial charge in [0, 0.05) is 37.1 Å². The van der Waals surface area contributed by atoms with E-state index in [0.29, 0.717) is 29.7 Å². The molecular weight excluding hydrogens is 951 g/mol. The Morgan fingerprint density at radius 2 is 1.69 bits per heavy atom. The Morgan fingerprint density at radius 1 is 1.00 bits per heavy atom. The average molecular weight is 987 g/mol. The van der Waals surface area contributed by atoms with E-state index >= 15 is 13.6 Å². The van der Waals surface area contributed by atoms with Crippen molar-refractivity contribution < 1.29 is 57.5 Å². The first kappa shape index (κ1) is 46.2. The molecule has 26 heteroatoms. The quantitative estimate of drug-likeness (QED) is 0.124. The van der Waals surface area contributed by atoms with Crippen LogP contribution in [0.25, 0.3) is 27.6 Å². The minimum atomic E-state index is -5.17. The van der Waals surface area contributed by atoms with E-state index in [0.717, 1.165) is 23.0 Å². The fraction of sp³-hybridized carbons (Fsp3) is 0.415. The van der Waals surface area contributed by atoms with E-state index in [1.54, 1.807) is 0 Å². The van der Waals surface area contributed by atoms with E-state index in [-0.39, 0.29) is 61.5 Å². The van der Waals surface area contributed by atoms with Crippen LogP contribution in [0.15, 0.2) is 47.3 Å². The lowest BCUT2D eigenvalue weighted by Crippen LogP contribution is -2.45. The number of carbonyl (C=O) groups is 1. The number of halogens is 10. The highest BCUT2D eigenvalue weighted by atomic mass is 35.5. The summed E-state index contributed by atoms with van der Waals surface area (Å²) in [7, 11) is -4.15. The highest BCUT2D eigenvalue weighted by molar-refractivity contribution is 7.92. The van der Waals surface area contributed by atoms with E-state index in [4.69, 9.17) is 21.3 Å². The molecule has 67 heavy (non-hydrogen) atoms. The number of rotatable bonds is 12. The Kier molecular flexibility index (Phi) is 11.3. The third kappa shape index (κ3) is 8.64. The van der Waals surface area contributed by atoms with E-state index in [9.17, 15) is 43.9 Å². The number of nitrogens with one attached hydrogen (secondary N) is 2. The number of carbonyl (C=O) groups excluding carboxylic acids is 1. The van der Waals surface area contributed by atoms with Crippen LogP contribution in [0.3, 0.4) is 0 Å². The fourth-order valence-electron chi connectivity index (χ4n) is 9.17. The standard InChI is InChI=1S/C41H36ClF9N10O5S/c1-17-13-58(14-18(2)66-17)29-7-4-22-36(53-29)54-38(61(39(22)63)27-6-5-25(42)32-33(27)59(15-28(45)46)56-37(32)57-67(3,64)65)26(10-19-8-20(43)11-21(44)9-19)52-30(62)16-60-35-31(34(55-60)41(49,50)51)23-12-24(23)40(35,47)48/h4-9,11,17-18,23-24,26,28H,10,12-16H2,1-3H3,(H,52,62)(H,56,57)/t17-,18+,23-,24+,26-/m0/s1. The number of nitrogens with zero attached hydrogens (tertiary/aromatic N) is 8. The minimum absolute atomic E-state index is 0.184. The molecular formula is C41H36ClF9N10O5S. The van der Waals surface area contributed by atoms with Crippen molar-refractivity contribution in [3.05, 3.63) is 97.8 Å². The number of morpholine rings is 1. The normalized spacial score (nSPS) is 20.7. The predicted molar refractivity (Wildman–Crippen MR) is 223 cm³/mol. The van der Waals surface area contributed by atoms with Gasteiger partial charge in [-0.3, -0.25) is 28.2 Å². The summed E-state index contributed by atoms with van der Waals surface area (Å²) in [6.45, 7) is 1.92. The van der Waals surface area contributed by atoms with Crippen molar-refractivity contribution in [3.8, 4) is 5.69 Å². The number of pyridine rings is 1. The van der Waals surface area contributed by atoms with Gasteiger partial charge < -0.3 is 15.0 Å². The maximum Gasteiger partial charge on any atom is 0.435 e. The van der Waals surface area contributed by atoms with Gasteiger partial charge in [-0.25, -0.2) is 35.9 Å². The third-order valence-corrected chi connectivity index (χ3v) is 12.5. The Morgan fingerprint density at radius 3 is 2.33 bits per heavy atom. The molecule has 0 unspecified atom stereocenters. The van der Waals surface area contributed by atoms with Crippen LogP contribution in [0.2, 0.25) is 5.02 Å². The maximum absolute atomic E-state index is 15.6. The molecule has 15 nitrogen and oxygen atoms in total. The lowest BCUT2D eigenvalue weighted by molar-refractivity contribution is -0.142. The van der Waals surface area contributed by atoms with E-state index in [1.165, 1.54) is 24.3 Å². The summed E-state index contributed by atoms with van der Waals surface area (Å²) >= 11 is 6.57. The van der Waals surface area contributed by atoms with Gasteiger partial charge in [0.25, 0.3) is 17.9 Å². The second-order valence-electron chi connectivity index (χ2n) is 16.8. The molecule has 1 amide bonds. The van der Waals surface area contributed by atoms with Crippen LogP contribution < -0.4 is 20.5 Å². The van der Waals surface area contributed by atoms with Gasteiger partial charge in [0.1, 0.15) is 42.1 Å². The van der Waals surface area contributed by atoms with Gasteiger partial charge in [0.05, 0.1) is 51.5 Å². The lowest BCUT2D eigenvalue weighted by Gasteiger charge is -2.36. The van der Waals surface area contributed by atoms with Gasteiger partial charge in [0.2, 0.25) is 15.9 Å². The second-order valence-corrected chi connectivity index (χ2v) is 19.0. The first-order valence-electron chi connectivity index (χ1n) is 20.5. The van der Waals surface area contributed by atoms with Crippen molar-refractivity contribution in [1.82, 2.24) is 39.4 Å². The Bertz CT molecular complexity index is 3150. The summed E-state index contributed by atoms with van der Waals surface area (Å²) in [6.07, 6.45) is -8.94. The van der Waals surface area contributed by atoms with Crippen LogP contribution in [-0.4, -0.2) is 86.4 Å². The van der Waals surface area contributed by atoms with Crippen molar-refractivity contribution in [2.24, 2.45) is 5.92 Å². The van der Waals surface area contributed by atoms with Gasteiger partial charge in [0.15, 0.2) is 17.2 Å². The topological polar surface area (TPSA) is 171 Å². The monoisotopic (exact) mass is 986 g/mol. The molecule has 1 saturated heterocycles. The largest absolute Gasteiger partial charge is 0.435 e. The lowest BCUT2D eigenvalue weighted by atomic mass is 10.0. The second kappa shape index (κ2) is 16.4. The summed E-state index contributed by atoms with van der Waals surface area (Å²) in [5, 5.41) is 9.25. The van der Waals surface area contributed by atoms with Crippen LogP contribution in [0.5, 0.6) is 0 Å². The SMILES string of the molecule is C[C@@H]1CN(c2ccc3c(=O)n(-c4ccc(Cl)c5c(NS(C)(=O)=O)nn(CC(F)F)c45)c([C@H](Cc4cc(F)cc(F)c4)NC(=O)Cn4nc(C(F)(F)F)c5c4C(F)(F)[C@@H]4C[C@H]54)nc3n2)C[C@H](C)O1. The molecule has 2 fully saturated rings. The number of benzene rings is 2. The van der Waals surface area contributed by atoms with Crippen molar-refractivity contribution in [2.75, 3.05) is 29.0 Å². The van der Waals surface area contributed by atoms with E-state index in [2.05, 4.69) is 25.2 Å². The number of fused-ring (bicyclic) bond motifs is 5. The molecule has 356 valence electrons. The van der Waals surface area contributed by atoms with Gasteiger partial charge in [-0.05, 0) is 68.1 Å². The molecule has 2 N–H and O–H groups in total. The Hall–Kier alpha value is -5.95. The molecule has 1 aliphatic heterocycles. The number of amides is 1. The zero-order valence-electron chi connectivity index (χ0n) is 35.1. The highest BCUT2D eigenvalue weighted by Gasteiger charge is 2.68. The fourth-order valence-corrected chi connectivity index (χ4v) is 9.91. The summed E-state index contributed by atoms with van der Waals surface area (Å²) < 4.78 is 167. The summed E-state index contributed by atoms with van der Waals surface area (Å²) in [5.74, 6) is -10.6. The molecule has 9 rings (SSSR count). The predicted octanol–water partition coefficient (Wildman–Crippen LogP) is 6.84. The third-order valence-electron chi connectivity index (χ3n) is 11.6. The molecule has 4 aromatic heterocycles. The summed E-state index contributed by atoms with van der Waals surface area (Å²) in [6, 6.07) is 5.74. The number of hydrogen-bond donors (Lipinski definition) is 2. The van der Waals surface area contributed by atoms with Crippen molar-refractivity contribution in [1.29, 1.82) is 0 Å². The smallest absolute Gasteiger partial charge is 0.372 e. The Labute approximate surface area is 377 Å². The molecule has 0 spiro atoms. The molecule has 1 saturated carbocycles. The molecule has 5 heterocycles. The molecule has 6 aromatic rings. The van der Waals surface area contributed by atoms with Gasteiger partial charge >= 0.3 is 6.18 Å². The number of alkyl halides is 7. The first-order chi connectivity index (χ1) is 31.4. The molecule has 2 aromatic carbocycles. The van der Waals surface area contributed by atoms with Gasteiger partial charge in [-0.1, -0.05) is 11.6 Å². The molecule has 0 radical (unpaired) electrons. The van der Waals surface area contributed by atoms with Crippen LogP contribution in [0.1, 0.15) is 60.6 Å². The molecule has 5 atom stereocenters. The van der Waals surface area contributed by atoms with Gasteiger partial charge in [-0.15, -0.1) is 0 Å². The van der Waals surface area contributed by atoms with Crippen molar-refractivity contribution in [2.45, 2.75) is 82.5 Å². The molecule has 3 aliphatic rings. The van der Waals surface area contributed by atoms with E-state index in [1.807, 2.05) is 18.7 Å². The van der Waals surface area contributed by atoms with Crippen LogP contribution in [0.4, 0.5) is 51.1 Å². The number of ether oxygens (including phenoxy) is 1. The molecule has 2 aliphatic carbocycles. The summed E-state index contributed by atoms with van der Waals surface area (Å²) in [5.41, 5.74) is -5.55. The van der Waals surface area contributed by atoms with Gasteiger partial charge in [-0.2, -0.15) is 32.1 Å². The molecule has 0 bridgehead atoms. The highest BCUT2D eigenvalue weighted by Crippen LogP contribution is 2.68. The van der Waals surface area contributed by atoms with Crippen molar-refractivity contribution in [3.63, 3.8) is 0 Å². The van der Waals surface area contributed by atoms with Crippen LogP contribution in [0, 0.1) is 17.6 Å². The first-order valence-corrected chi connectivity index (χ1v) is 22.7.